The zero-order chi connectivity index (χ0) is 12.9. The summed E-state index contributed by atoms with van der Waals surface area (Å²) in [6.45, 7) is 2.80. The van der Waals surface area contributed by atoms with Gasteiger partial charge < -0.3 is 9.84 Å². The van der Waals surface area contributed by atoms with Crippen LogP contribution in [0.2, 0.25) is 0 Å². The summed E-state index contributed by atoms with van der Waals surface area (Å²) in [7, 11) is 0. The molecule has 0 unspecified atom stereocenters. The van der Waals surface area contributed by atoms with Crippen LogP contribution in [0.4, 0.5) is 0 Å². The number of pyridine rings is 1. The minimum Gasteiger partial charge on any atom is -0.506 e. The van der Waals surface area contributed by atoms with Crippen molar-refractivity contribution in [3.8, 4) is 5.75 Å². The molecule has 0 radical (unpaired) electrons. The number of carbonyl (C=O) groups excluding carboxylic acids is 1. The highest BCUT2D eigenvalue weighted by atomic mass is 16.5. The molecular formula is C11H11N3O4. The summed E-state index contributed by atoms with van der Waals surface area (Å²) in [4.78, 5) is 23.9. The van der Waals surface area contributed by atoms with Gasteiger partial charge in [0, 0.05) is 6.54 Å². The predicted molar refractivity (Wildman–Crippen MR) is 61.6 cm³/mol. The third-order valence-electron chi connectivity index (χ3n) is 3.03. The van der Waals surface area contributed by atoms with E-state index in [1.165, 1.54) is 10.8 Å². The number of nitrogens with zero attached hydrogens (tertiary/aromatic N) is 3. The predicted octanol–water partition coefficient (Wildman–Crippen LogP) is 0.0939. The molecule has 94 valence electrons. The number of aromatic hydroxyl groups is 1. The van der Waals surface area contributed by atoms with E-state index in [4.69, 9.17) is 4.74 Å². The second-order valence-electron chi connectivity index (χ2n) is 4.01. The summed E-state index contributed by atoms with van der Waals surface area (Å²) in [5, 5.41) is 14.5. The Labute approximate surface area is 101 Å². The number of rotatable bonds is 2. The van der Waals surface area contributed by atoms with Gasteiger partial charge in [0.25, 0.3) is 5.56 Å². The van der Waals surface area contributed by atoms with E-state index in [1.54, 1.807) is 11.6 Å². The fraction of sp³-hybridized carbons (Fsp3) is 0.364. The first-order chi connectivity index (χ1) is 8.65. The molecule has 0 saturated heterocycles. The quantitative estimate of drug-likeness (QED) is 0.762. The van der Waals surface area contributed by atoms with Gasteiger partial charge in [-0.2, -0.15) is 5.10 Å². The molecular weight excluding hydrogens is 238 g/mol. The Bertz CT molecular complexity index is 713. The van der Waals surface area contributed by atoms with Gasteiger partial charge in [-0.05, 0) is 6.92 Å². The molecule has 0 atom stereocenters. The molecule has 0 aliphatic carbocycles. The lowest BCUT2D eigenvalue weighted by atomic mass is 10.2. The highest BCUT2D eigenvalue weighted by molar-refractivity contribution is 5.98. The number of ether oxygens (including phenoxy) is 1. The van der Waals surface area contributed by atoms with E-state index < -0.39 is 11.5 Å². The number of esters is 1. The van der Waals surface area contributed by atoms with Crippen LogP contribution in [0.15, 0.2) is 11.0 Å². The first kappa shape index (κ1) is 10.8. The van der Waals surface area contributed by atoms with Crippen molar-refractivity contribution >= 4 is 17.0 Å². The lowest BCUT2D eigenvalue weighted by Gasteiger charge is -2.07. The highest BCUT2D eigenvalue weighted by Gasteiger charge is 2.27. The zero-order valence-electron chi connectivity index (χ0n) is 9.71. The molecule has 1 aliphatic heterocycles. The summed E-state index contributed by atoms with van der Waals surface area (Å²) in [6.07, 6.45) is 1.45. The van der Waals surface area contributed by atoms with Crippen LogP contribution in [-0.2, 0) is 17.8 Å². The van der Waals surface area contributed by atoms with Crippen LogP contribution in [-0.4, -0.2) is 32.0 Å². The Morgan fingerprint density at radius 3 is 3.06 bits per heavy atom. The van der Waals surface area contributed by atoms with Gasteiger partial charge in [-0.25, -0.2) is 9.48 Å². The lowest BCUT2D eigenvalue weighted by molar-refractivity contribution is 0.0520. The molecule has 1 N–H and O–H groups in total. The monoisotopic (exact) mass is 249 g/mol. The maximum atomic E-state index is 12.1. The van der Waals surface area contributed by atoms with E-state index in [-0.39, 0.29) is 17.9 Å². The standard InChI is InChI=1S/C11H11N3O4/c1-2-18-11(17)7-8(15)6-5-12-14-4-3-13(9(6)14)10(7)16/h5,15H,2-4H2,1H3. The summed E-state index contributed by atoms with van der Waals surface area (Å²) >= 11 is 0. The Balaban J connectivity index is 2.36. The van der Waals surface area contributed by atoms with Crippen molar-refractivity contribution in [2.45, 2.75) is 20.0 Å². The van der Waals surface area contributed by atoms with Crippen LogP contribution in [0.25, 0.3) is 11.0 Å². The van der Waals surface area contributed by atoms with Gasteiger partial charge in [-0.3, -0.25) is 9.36 Å². The molecule has 0 bridgehead atoms. The van der Waals surface area contributed by atoms with Gasteiger partial charge in [-0.1, -0.05) is 0 Å². The van der Waals surface area contributed by atoms with Gasteiger partial charge in [0.15, 0.2) is 5.56 Å². The molecule has 1 aliphatic rings. The Morgan fingerprint density at radius 2 is 2.33 bits per heavy atom. The average Bonchev–Trinajstić information content (AvgIpc) is 2.89. The van der Waals surface area contributed by atoms with Crippen molar-refractivity contribution in [1.29, 1.82) is 0 Å². The maximum Gasteiger partial charge on any atom is 0.347 e. The summed E-state index contributed by atoms with van der Waals surface area (Å²) < 4.78 is 7.86. The van der Waals surface area contributed by atoms with E-state index in [0.29, 0.717) is 24.1 Å². The number of aromatic nitrogens is 3. The Kier molecular flexibility index (Phi) is 2.16. The van der Waals surface area contributed by atoms with Gasteiger partial charge in [0.1, 0.15) is 11.4 Å². The van der Waals surface area contributed by atoms with Crippen LogP contribution in [0.1, 0.15) is 17.3 Å². The third kappa shape index (κ3) is 1.21. The first-order valence-corrected chi connectivity index (χ1v) is 5.63. The molecule has 3 heterocycles. The number of hydrogen-bond acceptors (Lipinski definition) is 5. The van der Waals surface area contributed by atoms with Gasteiger partial charge in [0.05, 0.1) is 24.7 Å². The van der Waals surface area contributed by atoms with Crippen LogP contribution in [0.5, 0.6) is 5.75 Å². The summed E-state index contributed by atoms with van der Waals surface area (Å²) in [6, 6.07) is 0. The third-order valence-corrected chi connectivity index (χ3v) is 3.03. The fourth-order valence-electron chi connectivity index (χ4n) is 2.25. The molecule has 7 nitrogen and oxygen atoms in total. The minimum absolute atomic E-state index is 0.148. The molecule has 18 heavy (non-hydrogen) atoms. The highest BCUT2D eigenvalue weighted by Crippen LogP contribution is 2.28. The SMILES string of the molecule is CCOC(=O)c1c(O)c2cnn3c2n(c1=O)CC3. The topological polar surface area (TPSA) is 86.3 Å². The lowest BCUT2D eigenvalue weighted by Crippen LogP contribution is -2.26. The summed E-state index contributed by atoms with van der Waals surface area (Å²) in [5.41, 5.74) is -0.297. The molecule has 7 heteroatoms. The second-order valence-corrected chi connectivity index (χ2v) is 4.01. The molecule has 0 spiro atoms. The van der Waals surface area contributed by atoms with Crippen molar-refractivity contribution in [1.82, 2.24) is 14.3 Å². The van der Waals surface area contributed by atoms with Crippen molar-refractivity contribution in [3.63, 3.8) is 0 Å². The van der Waals surface area contributed by atoms with Crippen molar-refractivity contribution in [2.24, 2.45) is 0 Å². The van der Waals surface area contributed by atoms with Crippen LogP contribution >= 0.6 is 0 Å². The fourth-order valence-corrected chi connectivity index (χ4v) is 2.25. The molecule has 0 amide bonds. The van der Waals surface area contributed by atoms with Crippen LogP contribution in [0.3, 0.4) is 0 Å². The van der Waals surface area contributed by atoms with E-state index in [2.05, 4.69) is 5.10 Å². The zero-order valence-corrected chi connectivity index (χ0v) is 9.71. The normalized spacial score (nSPS) is 13.2. The van der Waals surface area contributed by atoms with Gasteiger partial charge in [0.2, 0.25) is 0 Å². The number of hydrogen-bond donors (Lipinski definition) is 1. The van der Waals surface area contributed by atoms with Gasteiger partial charge >= 0.3 is 5.97 Å². The van der Waals surface area contributed by atoms with Crippen LogP contribution in [0, 0.1) is 0 Å². The van der Waals surface area contributed by atoms with Crippen molar-refractivity contribution < 1.29 is 14.6 Å². The van der Waals surface area contributed by atoms with Crippen molar-refractivity contribution in [3.05, 3.63) is 22.1 Å². The van der Waals surface area contributed by atoms with Crippen LogP contribution < -0.4 is 5.56 Å². The second kappa shape index (κ2) is 3.59. The largest absolute Gasteiger partial charge is 0.506 e. The Morgan fingerprint density at radius 1 is 1.56 bits per heavy atom. The Hall–Kier alpha value is -2.31. The molecule has 0 saturated carbocycles. The van der Waals surface area contributed by atoms with E-state index in [1.807, 2.05) is 0 Å². The van der Waals surface area contributed by atoms with Gasteiger partial charge in [-0.15, -0.1) is 0 Å². The number of aryl methyl sites for hydroxylation is 2. The smallest absolute Gasteiger partial charge is 0.347 e. The van der Waals surface area contributed by atoms with Crippen molar-refractivity contribution in [2.75, 3.05) is 6.61 Å². The van der Waals surface area contributed by atoms with E-state index >= 15 is 0 Å². The molecule has 2 aromatic heterocycles. The summed E-state index contributed by atoms with van der Waals surface area (Å²) in [5.74, 6) is -1.15. The first-order valence-electron chi connectivity index (χ1n) is 5.63. The molecule has 2 aromatic rings. The molecule has 0 aromatic carbocycles. The molecule has 3 rings (SSSR count). The average molecular weight is 249 g/mol. The molecule has 0 fully saturated rings. The minimum atomic E-state index is -0.801. The number of carbonyl (C=O) groups is 1. The van der Waals surface area contributed by atoms with E-state index in [9.17, 15) is 14.7 Å². The van der Waals surface area contributed by atoms with E-state index in [0.717, 1.165) is 0 Å². The maximum absolute atomic E-state index is 12.1.